The lowest BCUT2D eigenvalue weighted by Crippen LogP contribution is -2.30. The normalized spacial score (nSPS) is 15.0. The van der Waals surface area contributed by atoms with Crippen LogP contribution in [-0.4, -0.2) is 46.5 Å². The number of carbonyl (C=O) groups excluding carboxylic acids is 2. The Bertz CT molecular complexity index is 458. The van der Waals surface area contributed by atoms with E-state index in [1.165, 1.54) is 0 Å². The number of hydrogen-bond donors (Lipinski definition) is 1. The molecule has 2 amide bonds. The van der Waals surface area contributed by atoms with Crippen molar-refractivity contribution >= 4 is 11.8 Å². The van der Waals surface area contributed by atoms with Crippen molar-refractivity contribution in [2.75, 3.05) is 19.6 Å². The number of aromatic nitrogens is 2. The van der Waals surface area contributed by atoms with E-state index in [1.54, 1.807) is 0 Å². The summed E-state index contributed by atoms with van der Waals surface area (Å²) in [6.45, 7) is 3.89. The third-order valence-corrected chi connectivity index (χ3v) is 3.04. The third kappa shape index (κ3) is 3.52. The zero-order valence-electron chi connectivity index (χ0n) is 11.0. The molecule has 1 N–H and O–H groups in total. The molecular formula is C12H18N4O3. The molecule has 0 saturated carbocycles. The second-order valence-corrected chi connectivity index (χ2v) is 4.46. The zero-order chi connectivity index (χ0) is 13.7. The Morgan fingerprint density at radius 3 is 3.00 bits per heavy atom. The minimum absolute atomic E-state index is 0.00546. The highest BCUT2D eigenvalue weighted by atomic mass is 16.5. The summed E-state index contributed by atoms with van der Waals surface area (Å²) in [7, 11) is 0. The van der Waals surface area contributed by atoms with E-state index in [0.717, 1.165) is 19.4 Å². The van der Waals surface area contributed by atoms with Crippen LogP contribution >= 0.6 is 0 Å². The van der Waals surface area contributed by atoms with Gasteiger partial charge in [-0.1, -0.05) is 12.1 Å². The fourth-order valence-electron chi connectivity index (χ4n) is 1.98. The third-order valence-electron chi connectivity index (χ3n) is 3.04. The van der Waals surface area contributed by atoms with Crippen LogP contribution in [0.15, 0.2) is 4.52 Å². The summed E-state index contributed by atoms with van der Waals surface area (Å²) in [6.07, 6.45) is 2.95. The predicted molar refractivity (Wildman–Crippen MR) is 66.4 cm³/mol. The van der Waals surface area contributed by atoms with E-state index in [2.05, 4.69) is 15.5 Å². The monoisotopic (exact) mass is 266 g/mol. The Labute approximate surface area is 111 Å². The van der Waals surface area contributed by atoms with Gasteiger partial charge in [-0.25, -0.2) is 0 Å². The SMILES string of the molecule is CCc1noc(C(=O)NCCCN2CCCC2=O)n1. The minimum atomic E-state index is -0.361. The molecule has 0 radical (unpaired) electrons. The molecule has 0 atom stereocenters. The van der Waals surface area contributed by atoms with Crippen molar-refractivity contribution in [3.8, 4) is 0 Å². The quantitative estimate of drug-likeness (QED) is 0.752. The van der Waals surface area contributed by atoms with Gasteiger partial charge < -0.3 is 14.7 Å². The fraction of sp³-hybridized carbons (Fsp3) is 0.667. The predicted octanol–water partition coefficient (Wildman–Crippen LogP) is 0.374. The Balaban J connectivity index is 1.67. The van der Waals surface area contributed by atoms with E-state index in [-0.39, 0.29) is 17.7 Å². The summed E-state index contributed by atoms with van der Waals surface area (Å²) in [5, 5.41) is 6.36. The Morgan fingerprint density at radius 2 is 2.37 bits per heavy atom. The van der Waals surface area contributed by atoms with Crippen LogP contribution in [-0.2, 0) is 11.2 Å². The summed E-state index contributed by atoms with van der Waals surface area (Å²) < 4.78 is 4.83. The molecule has 7 heteroatoms. The highest BCUT2D eigenvalue weighted by molar-refractivity contribution is 5.89. The topological polar surface area (TPSA) is 88.3 Å². The molecule has 1 saturated heterocycles. The van der Waals surface area contributed by atoms with E-state index in [4.69, 9.17) is 4.52 Å². The van der Waals surface area contributed by atoms with Gasteiger partial charge in [0.05, 0.1) is 0 Å². The Morgan fingerprint density at radius 1 is 1.53 bits per heavy atom. The van der Waals surface area contributed by atoms with Gasteiger partial charge in [0.25, 0.3) is 0 Å². The molecule has 1 aromatic rings. The van der Waals surface area contributed by atoms with Crippen molar-refractivity contribution in [3.63, 3.8) is 0 Å². The standard InChI is InChI=1S/C12H18N4O3/c1-2-9-14-12(19-15-9)11(18)13-6-4-8-16-7-3-5-10(16)17/h2-8H2,1H3,(H,13,18). The van der Waals surface area contributed by atoms with Gasteiger partial charge in [-0.15, -0.1) is 0 Å². The first-order valence-corrected chi connectivity index (χ1v) is 6.59. The smallest absolute Gasteiger partial charge is 0.315 e. The van der Waals surface area contributed by atoms with Gasteiger partial charge in [0.15, 0.2) is 5.82 Å². The van der Waals surface area contributed by atoms with Crippen LogP contribution in [0, 0.1) is 0 Å². The summed E-state index contributed by atoms with van der Waals surface area (Å²) in [6, 6.07) is 0. The number of aryl methyl sites for hydroxylation is 1. The number of amides is 2. The second kappa shape index (κ2) is 6.31. The summed E-state index contributed by atoms with van der Waals surface area (Å²) >= 11 is 0. The molecule has 0 spiro atoms. The lowest BCUT2D eigenvalue weighted by molar-refractivity contribution is -0.127. The number of rotatable bonds is 6. The fourth-order valence-corrected chi connectivity index (χ4v) is 1.98. The van der Waals surface area contributed by atoms with Crippen LogP contribution in [0.4, 0.5) is 0 Å². The largest absolute Gasteiger partial charge is 0.348 e. The van der Waals surface area contributed by atoms with Gasteiger partial charge in [0.1, 0.15) is 0 Å². The van der Waals surface area contributed by atoms with Crippen molar-refractivity contribution in [2.24, 2.45) is 0 Å². The van der Waals surface area contributed by atoms with Crippen molar-refractivity contribution in [3.05, 3.63) is 11.7 Å². The maximum Gasteiger partial charge on any atom is 0.315 e. The molecule has 1 aromatic heterocycles. The average molecular weight is 266 g/mol. The summed E-state index contributed by atoms with van der Waals surface area (Å²) in [4.78, 5) is 28.8. The molecule has 19 heavy (non-hydrogen) atoms. The molecule has 0 aromatic carbocycles. The lowest BCUT2D eigenvalue weighted by atomic mass is 10.4. The molecule has 0 unspecified atom stereocenters. The number of nitrogens with one attached hydrogen (secondary N) is 1. The average Bonchev–Trinajstić information content (AvgIpc) is 3.03. The molecule has 1 aliphatic rings. The zero-order valence-corrected chi connectivity index (χ0v) is 11.0. The van der Waals surface area contributed by atoms with E-state index in [1.807, 2.05) is 11.8 Å². The van der Waals surface area contributed by atoms with E-state index in [9.17, 15) is 9.59 Å². The van der Waals surface area contributed by atoms with Crippen molar-refractivity contribution in [1.82, 2.24) is 20.4 Å². The molecule has 0 bridgehead atoms. The van der Waals surface area contributed by atoms with Gasteiger partial charge in [-0.3, -0.25) is 9.59 Å². The first-order chi connectivity index (χ1) is 9.20. The highest BCUT2D eigenvalue weighted by Gasteiger charge is 2.19. The van der Waals surface area contributed by atoms with Crippen LogP contribution in [0.5, 0.6) is 0 Å². The molecule has 7 nitrogen and oxygen atoms in total. The van der Waals surface area contributed by atoms with E-state index < -0.39 is 0 Å². The summed E-state index contributed by atoms with van der Waals surface area (Å²) in [5.74, 6) is 0.359. The number of hydrogen-bond acceptors (Lipinski definition) is 5. The van der Waals surface area contributed by atoms with Crippen molar-refractivity contribution in [2.45, 2.75) is 32.6 Å². The molecule has 1 aliphatic heterocycles. The lowest BCUT2D eigenvalue weighted by Gasteiger charge is -2.14. The second-order valence-electron chi connectivity index (χ2n) is 4.46. The van der Waals surface area contributed by atoms with E-state index >= 15 is 0 Å². The molecular weight excluding hydrogens is 248 g/mol. The van der Waals surface area contributed by atoms with Gasteiger partial charge in [-0.2, -0.15) is 4.98 Å². The van der Waals surface area contributed by atoms with Crippen molar-refractivity contribution in [1.29, 1.82) is 0 Å². The Kier molecular flexibility index (Phi) is 4.48. The summed E-state index contributed by atoms with van der Waals surface area (Å²) in [5.41, 5.74) is 0. The van der Waals surface area contributed by atoms with Crippen molar-refractivity contribution < 1.29 is 14.1 Å². The first-order valence-electron chi connectivity index (χ1n) is 6.59. The number of carbonyl (C=O) groups is 2. The van der Waals surface area contributed by atoms with Gasteiger partial charge in [-0.05, 0) is 12.8 Å². The van der Waals surface area contributed by atoms with Gasteiger partial charge in [0.2, 0.25) is 5.91 Å². The maximum absolute atomic E-state index is 11.6. The molecule has 0 aliphatic carbocycles. The van der Waals surface area contributed by atoms with Gasteiger partial charge in [0, 0.05) is 32.5 Å². The van der Waals surface area contributed by atoms with Crippen LogP contribution in [0.1, 0.15) is 42.7 Å². The highest BCUT2D eigenvalue weighted by Crippen LogP contribution is 2.09. The van der Waals surface area contributed by atoms with Crippen LogP contribution in [0.2, 0.25) is 0 Å². The minimum Gasteiger partial charge on any atom is -0.348 e. The number of likely N-dealkylation sites (tertiary alicyclic amines) is 1. The first kappa shape index (κ1) is 13.5. The molecule has 1 fully saturated rings. The molecule has 2 rings (SSSR count). The Hall–Kier alpha value is -1.92. The number of nitrogens with zero attached hydrogens (tertiary/aromatic N) is 3. The maximum atomic E-state index is 11.6. The van der Waals surface area contributed by atoms with Gasteiger partial charge >= 0.3 is 11.8 Å². The van der Waals surface area contributed by atoms with Crippen LogP contribution < -0.4 is 5.32 Å². The van der Waals surface area contributed by atoms with Crippen LogP contribution in [0.3, 0.4) is 0 Å². The molecule has 2 heterocycles. The van der Waals surface area contributed by atoms with E-state index in [0.29, 0.717) is 31.8 Å². The van der Waals surface area contributed by atoms with Crippen LogP contribution in [0.25, 0.3) is 0 Å². The molecule has 104 valence electrons.